The summed E-state index contributed by atoms with van der Waals surface area (Å²) >= 11 is 0. The Labute approximate surface area is 120 Å². The van der Waals surface area contributed by atoms with Gasteiger partial charge in [0.05, 0.1) is 0 Å². The molecule has 2 aliphatic heterocycles. The lowest BCUT2D eigenvalue weighted by Crippen LogP contribution is -2.60. The average Bonchev–Trinajstić information content (AvgIpc) is 2.38. The van der Waals surface area contributed by atoms with Crippen LogP contribution in [0.15, 0.2) is 0 Å². The highest BCUT2D eigenvalue weighted by Crippen LogP contribution is 2.29. The molecular formula is C15H26N2O3. The summed E-state index contributed by atoms with van der Waals surface area (Å²) in [6.45, 7) is 3.80. The van der Waals surface area contributed by atoms with E-state index >= 15 is 0 Å². The van der Waals surface area contributed by atoms with Crippen LogP contribution < -0.4 is 0 Å². The van der Waals surface area contributed by atoms with Crippen LogP contribution in [0.3, 0.4) is 0 Å². The first kappa shape index (κ1) is 15.1. The molecule has 2 aliphatic rings. The van der Waals surface area contributed by atoms with Crippen LogP contribution in [0.4, 0.5) is 4.79 Å². The SMILES string of the molecule is CC1(C(=O)O)CCCCN1C(=O)N1CCCCCCC1. The molecule has 1 N–H and O–H groups in total. The fourth-order valence-electron chi connectivity index (χ4n) is 3.26. The Morgan fingerprint density at radius 3 is 2.05 bits per heavy atom. The van der Waals surface area contributed by atoms with Crippen molar-refractivity contribution in [2.75, 3.05) is 19.6 Å². The Morgan fingerprint density at radius 1 is 0.900 bits per heavy atom. The molecule has 0 saturated carbocycles. The maximum Gasteiger partial charge on any atom is 0.329 e. The van der Waals surface area contributed by atoms with Gasteiger partial charge in [-0.15, -0.1) is 0 Å². The minimum absolute atomic E-state index is 0.0727. The van der Waals surface area contributed by atoms with Crippen molar-refractivity contribution in [3.8, 4) is 0 Å². The molecule has 2 amide bonds. The van der Waals surface area contributed by atoms with Gasteiger partial charge in [-0.2, -0.15) is 0 Å². The zero-order valence-electron chi connectivity index (χ0n) is 12.4. The molecule has 0 bridgehead atoms. The van der Waals surface area contributed by atoms with Gasteiger partial charge in [0.2, 0.25) is 0 Å². The van der Waals surface area contributed by atoms with Crippen molar-refractivity contribution in [3.05, 3.63) is 0 Å². The monoisotopic (exact) mass is 282 g/mol. The number of carbonyl (C=O) groups excluding carboxylic acids is 1. The summed E-state index contributed by atoms with van der Waals surface area (Å²) in [7, 11) is 0. The van der Waals surface area contributed by atoms with Crippen LogP contribution in [-0.2, 0) is 4.79 Å². The van der Waals surface area contributed by atoms with Gasteiger partial charge < -0.3 is 14.9 Å². The van der Waals surface area contributed by atoms with Gasteiger partial charge in [0.15, 0.2) is 0 Å². The highest BCUT2D eigenvalue weighted by molar-refractivity contribution is 5.86. The van der Waals surface area contributed by atoms with E-state index in [2.05, 4.69) is 0 Å². The molecule has 0 aromatic carbocycles. The number of piperidine rings is 1. The fraction of sp³-hybridized carbons (Fsp3) is 0.867. The van der Waals surface area contributed by atoms with Crippen molar-refractivity contribution < 1.29 is 14.7 Å². The Morgan fingerprint density at radius 2 is 1.45 bits per heavy atom. The van der Waals surface area contributed by atoms with E-state index in [-0.39, 0.29) is 6.03 Å². The van der Waals surface area contributed by atoms with Gasteiger partial charge in [-0.05, 0) is 39.0 Å². The second-order valence-electron chi connectivity index (χ2n) is 6.23. The number of hydrogen-bond acceptors (Lipinski definition) is 2. The van der Waals surface area contributed by atoms with Crippen molar-refractivity contribution in [2.24, 2.45) is 0 Å². The minimum atomic E-state index is -1.03. The molecule has 0 radical (unpaired) electrons. The van der Waals surface area contributed by atoms with Gasteiger partial charge in [-0.25, -0.2) is 9.59 Å². The molecule has 1 atom stereocenters. The van der Waals surface area contributed by atoms with Crippen LogP contribution in [0.1, 0.15) is 58.3 Å². The normalized spacial score (nSPS) is 28.6. The van der Waals surface area contributed by atoms with E-state index in [4.69, 9.17) is 0 Å². The molecule has 2 fully saturated rings. The van der Waals surface area contributed by atoms with E-state index in [1.807, 2.05) is 4.90 Å². The molecule has 0 aromatic rings. The summed E-state index contributed by atoms with van der Waals surface area (Å²) in [4.78, 5) is 27.8. The lowest BCUT2D eigenvalue weighted by molar-refractivity contribution is -0.150. The standard InChI is InChI=1S/C15H26N2O3/c1-15(13(18)19)9-5-8-12-17(15)14(20)16-10-6-3-2-4-7-11-16/h2-12H2,1H3,(H,18,19). The molecule has 0 aliphatic carbocycles. The van der Waals surface area contributed by atoms with E-state index in [0.29, 0.717) is 13.0 Å². The van der Waals surface area contributed by atoms with Crippen molar-refractivity contribution in [3.63, 3.8) is 0 Å². The highest BCUT2D eigenvalue weighted by atomic mass is 16.4. The number of likely N-dealkylation sites (tertiary alicyclic amines) is 2. The van der Waals surface area contributed by atoms with Gasteiger partial charge in [0, 0.05) is 19.6 Å². The first-order chi connectivity index (χ1) is 9.55. The van der Waals surface area contributed by atoms with Crippen LogP contribution in [0.5, 0.6) is 0 Å². The number of hydrogen-bond donors (Lipinski definition) is 1. The van der Waals surface area contributed by atoms with Crippen molar-refractivity contribution in [1.82, 2.24) is 9.80 Å². The first-order valence-electron chi connectivity index (χ1n) is 7.85. The highest BCUT2D eigenvalue weighted by Gasteiger charge is 2.45. The van der Waals surface area contributed by atoms with Crippen LogP contribution >= 0.6 is 0 Å². The lowest BCUT2D eigenvalue weighted by atomic mass is 9.88. The number of rotatable bonds is 1. The minimum Gasteiger partial charge on any atom is -0.480 e. The van der Waals surface area contributed by atoms with Gasteiger partial charge in [-0.3, -0.25) is 0 Å². The summed E-state index contributed by atoms with van der Waals surface area (Å²) in [6.07, 6.45) is 7.99. The number of amides is 2. The largest absolute Gasteiger partial charge is 0.480 e. The molecule has 0 spiro atoms. The van der Waals surface area contributed by atoms with Gasteiger partial charge >= 0.3 is 12.0 Å². The Balaban J connectivity index is 2.10. The van der Waals surface area contributed by atoms with Crippen LogP contribution in [0.2, 0.25) is 0 Å². The third kappa shape index (κ3) is 3.07. The Bertz CT molecular complexity index is 364. The van der Waals surface area contributed by atoms with E-state index in [0.717, 1.165) is 38.8 Å². The molecule has 0 aromatic heterocycles. The number of carbonyl (C=O) groups is 2. The molecule has 2 rings (SSSR count). The van der Waals surface area contributed by atoms with Gasteiger partial charge in [0.1, 0.15) is 5.54 Å². The number of aliphatic carboxylic acids is 1. The van der Waals surface area contributed by atoms with Crippen LogP contribution in [0.25, 0.3) is 0 Å². The van der Waals surface area contributed by atoms with Crippen molar-refractivity contribution in [1.29, 1.82) is 0 Å². The second-order valence-corrected chi connectivity index (χ2v) is 6.23. The molecule has 114 valence electrons. The fourth-order valence-corrected chi connectivity index (χ4v) is 3.26. The first-order valence-corrected chi connectivity index (χ1v) is 7.85. The summed E-state index contributed by atoms with van der Waals surface area (Å²) in [5, 5.41) is 9.50. The lowest BCUT2D eigenvalue weighted by Gasteiger charge is -2.44. The van der Waals surface area contributed by atoms with E-state index in [9.17, 15) is 14.7 Å². The third-order valence-corrected chi connectivity index (χ3v) is 4.71. The molecule has 20 heavy (non-hydrogen) atoms. The zero-order chi connectivity index (χ0) is 14.6. The van der Waals surface area contributed by atoms with Crippen molar-refractivity contribution >= 4 is 12.0 Å². The smallest absolute Gasteiger partial charge is 0.329 e. The average molecular weight is 282 g/mol. The van der Waals surface area contributed by atoms with E-state index < -0.39 is 11.5 Å². The predicted molar refractivity (Wildman–Crippen MR) is 76.7 cm³/mol. The topological polar surface area (TPSA) is 60.9 Å². The number of carboxylic acid groups (broad SMARTS) is 1. The molecule has 1 unspecified atom stereocenters. The quantitative estimate of drug-likeness (QED) is 0.804. The van der Waals surface area contributed by atoms with Gasteiger partial charge in [0.25, 0.3) is 0 Å². The second kappa shape index (κ2) is 6.46. The Kier molecular flexibility index (Phi) is 4.89. The molecule has 2 saturated heterocycles. The van der Waals surface area contributed by atoms with Crippen molar-refractivity contribution in [2.45, 2.75) is 63.8 Å². The summed E-state index contributed by atoms with van der Waals surface area (Å²) < 4.78 is 0. The van der Waals surface area contributed by atoms with E-state index in [1.54, 1.807) is 11.8 Å². The molecular weight excluding hydrogens is 256 g/mol. The number of urea groups is 1. The van der Waals surface area contributed by atoms with Crippen LogP contribution in [0, 0.1) is 0 Å². The van der Waals surface area contributed by atoms with Crippen LogP contribution in [-0.4, -0.2) is 52.1 Å². The molecule has 5 heteroatoms. The van der Waals surface area contributed by atoms with E-state index in [1.165, 1.54) is 19.3 Å². The number of carboxylic acids is 1. The maximum absolute atomic E-state index is 12.7. The summed E-state index contributed by atoms with van der Waals surface area (Å²) in [5.41, 5.74) is -1.03. The summed E-state index contributed by atoms with van der Waals surface area (Å²) in [5.74, 6) is -0.877. The maximum atomic E-state index is 12.7. The summed E-state index contributed by atoms with van der Waals surface area (Å²) in [6, 6.07) is -0.0727. The Hall–Kier alpha value is -1.26. The zero-order valence-corrected chi connectivity index (χ0v) is 12.4. The van der Waals surface area contributed by atoms with Gasteiger partial charge in [-0.1, -0.05) is 19.3 Å². The third-order valence-electron chi connectivity index (χ3n) is 4.71. The molecule has 2 heterocycles. The molecule has 5 nitrogen and oxygen atoms in total. The number of nitrogens with zero attached hydrogens (tertiary/aromatic N) is 2. The predicted octanol–water partition coefficient (Wildman–Crippen LogP) is 2.70.